The predicted molar refractivity (Wildman–Crippen MR) is 66.5 cm³/mol. The summed E-state index contributed by atoms with van der Waals surface area (Å²) < 4.78 is 5.32. The summed E-state index contributed by atoms with van der Waals surface area (Å²) in [5.74, 6) is 2.08. The second-order valence-corrected chi connectivity index (χ2v) is 4.91. The topological polar surface area (TPSA) is 25.2 Å². The molecule has 1 aromatic rings. The van der Waals surface area contributed by atoms with Crippen LogP contribution in [0.3, 0.4) is 0 Å². The summed E-state index contributed by atoms with van der Waals surface area (Å²) in [6.45, 7) is 3.37. The maximum absolute atomic E-state index is 5.32. The largest absolute Gasteiger partial charge is 0.469 e. The van der Waals surface area contributed by atoms with Gasteiger partial charge in [0.05, 0.1) is 6.26 Å². The summed E-state index contributed by atoms with van der Waals surface area (Å²) in [4.78, 5) is 0. The van der Waals surface area contributed by atoms with Gasteiger partial charge >= 0.3 is 0 Å². The SMILES string of the molecule is CCC1CCC(NCCc2ccco2)CC1. The van der Waals surface area contributed by atoms with Gasteiger partial charge in [-0.15, -0.1) is 0 Å². The van der Waals surface area contributed by atoms with E-state index in [9.17, 15) is 0 Å². The molecule has 0 aromatic carbocycles. The van der Waals surface area contributed by atoms with E-state index in [2.05, 4.69) is 18.3 Å². The lowest BCUT2D eigenvalue weighted by Gasteiger charge is -2.28. The second-order valence-electron chi connectivity index (χ2n) is 4.91. The number of hydrogen-bond acceptors (Lipinski definition) is 2. The molecule has 0 unspecified atom stereocenters. The molecule has 2 nitrogen and oxygen atoms in total. The van der Waals surface area contributed by atoms with Crippen molar-refractivity contribution in [3.05, 3.63) is 24.2 Å². The molecule has 16 heavy (non-hydrogen) atoms. The smallest absolute Gasteiger partial charge is 0.105 e. The molecule has 0 saturated heterocycles. The van der Waals surface area contributed by atoms with Crippen LogP contribution in [-0.4, -0.2) is 12.6 Å². The maximum Gasteiger partial charge on any atom is 0.105 e. The summed E-state index contributed by atoms with van der Waals surface area (Å²) in [5.41, 5.74) is 0. The Hall–Kier alpha value is -0.760. The van der Waals surface area contributed by atoms with Gasteiger partial charge in [-0.25, -0.2) is 0 Å². The zero-order valence-corrected chi connectivity index (χ0v) is 10.2. The highest BCUT2D eigenvalue weighted by Gasteiger charge is 2.18. The lowest BCUT2D eigenvalue weighted by Crippen LogP contribution is -2.34. The van der Waals surface area contributed by atoms with E-state index >= 15 is 0 Å². The Morgan fingerprint density at radius 2 is 2.12 bits per heavy atom. The van der Waals surface area contributed by atoms with Crippen LogP contribution < -0.4 is 5.32 Å². The van der Waals surface area contributed by atoms with Crippen molar-refractivity contribution < 1.29 is 4.42 Å². The molecule has 90 valence electrons. The van der Waals surface area contributed by atoms with Gasteiger partial charge in [0.25, 0.3) is 0 Å². The van der Waals surface area contributed by atoms with Gasteiger partial charge in [0.2, 0.25) is 0 Å². The molecule has 1 aliphatic rings. The summed E-state index contributed by atoms with van der Waals surface area (Å²) in [7, 11) is 0. The van der Waals surface area contributed by atoms with Crippen LogP contribution in [0.2, 0.25) is 0 Å². The Balaban J connectivity index is 1.60. The normalized spacial score (nSPS) is 25.8. The molecule has 1 fully saturated rings. The first-order chi connectivity index (χ1) is 7.88. The van der Waals surface area contributed by atoms with E-state index in [1.54, 1.807) is 6.26 Å². The molecular weight excluding hydrogens is 198 g/mol. The molecule has 2 rings (SSSR count). The molecule has 1 N–H and O–H groups in total. The van der Waals surface area contributed by atoms with Gasteiger partial charge in [-0.05, 0) is 43.7 Å². The third kappa shape index (κ3) is 3.38. The highest BCUT2D eigenvalue weighted by Crippen LogP contribution is 2.26. The fourth-order valence-electron chi connectivity index (χ4n) is 2.63. The van der Waals surface area contributed by atoms with Gasteiger partial charge in [-0.3, -0.25) is 0 Å². The monoisotopic (exact) mass is 221 g/mol. The quantitative estimate of drug-likeness (QED) is 0.824. The highest BCUT2D eigenvalue weighted by molar-refractivity contribution is 4.98. The Labute approximate surface area is 98.4 Å². The molecule has 0 aliphatic heterocycles. The number of nitrogens with one attached hydrogen (secondary N) is 1. The van der Waals surface area contributed by atoms with Crippen LogP contribution in [-0.2, 0) is 6.42 Å². The van der Waals surface area contributed by atoms with E-state index in [1.807, 2.05) is 6.07 Å². The van der Waals surface area contributed by atoms with Gasteiger partial charge in [0, 0.05) is 19.0 Å². The molecule has 1 aliphatic carbocycles. The van der Waals surface area contributed by atoms with E-state index in [0.29, 0.717) is 0 Å². The summed E-state index contributed by atoms with van der Waals surface area (Å²) >= 11 is 0. The van der Waals surface area contributed by atoms with E-state index in [1.165, 1.54) is 32.1 Å². The Bertz CT molecular complexity index is 273. The lowest BCUT2D eigenvalue weighted by atomic mass is 9.84. The molecule has 0 radical (unpaired) electrons. The zero-order chi connectivity index (χ0) is 11.2. The minimum atomic E-state index is 0.748. The molecule has 0 amide bonds. The van der Waals surface area contributed by atoms with Gasteiger partial charge in [0.1, 0.15) is 5.76 Å². The van der Waals surface area contributed by atoms with Crippen molar-refractivity contribution in [2.45, 2.75) is 51.5 Å². The molecule has 1 aromatic heterocycles. The average molecular weight is 221 g/mol. The third-order valence-electron chi connectivity index (χ3n) is 3.81. The molecule has 1 heterocycles. The van der Waals surface area contributed by atoms with Crippen LogP contribution in [0.25, 0.3) is 0 Å². The first-order valence-corrected chi connectivity index (χ1v) is 6.64. The van der Waals surface area contributed by atoms with E-state index in [4.69, 9.17) is 4.42 Å². The van der Waals surface area contributed by atoms with Crippen LogP contribution in [0.4, 0.5) is 0 Å². The number of hydrogen-bond donors (Lipinski definition) is 1. The van der Waals surface area contributed by atoms with Crippen LogP contribution in [0.5, 0.6) is 0 Å². The van der Waals surface area contributed by atoms with E-state index in [0.717, 1.165) is 30.7 Å². The summed E-state index contributed by atoms with van der Waals surface area (Å²) in [5, 5.41) is 3.64. The fourth-order valence-corrected chi connectivity index (χ4v) is 2.63. The maximum atomic E-state index is 5.32. The predicted octanol–water partition coefficient (Wildman–Crippen LogP) is 3.38. The molecule has 1 saturated carbocycles. The molecule has 0 atom stereocenters. The number of rotatable bonds is 5. The van der Waals surface area contributed by atoms with Gasteiger partial charge in [-0.2, -0.15) is 0 Å². The number of furan rings is 1. The van der Waals surface area contributed by atoms with Crippen molar-refractivity contribution in [3.8, 4) is 0 Å². The van der Waals surface area contributed by atoms with Crippen molar-refractivity contribution in [2.24, 2.45) is 5.92 Å². The van der Waals surface area contributed by atoms with Crippen LogP contribution >= 0.6 is 0 Å². The van der Waals surface area contributed by atoms with Crippen molar-refractivity contribution >= 4 is 0 Å². The molecular formula is C14H23NO. The zero-order valence-electron chi connectivity index (χ0n) is 10.2. The summed E-state index contributed by atoms with van der Waals surface area (Å²) in [6, 6.07) is 4.76. The van der Waals surface area contributed by atoms with Crippen molar-refractivity contribution in [1.82, 2.24) is 5.32 Å². The van der Waals surface area contributed by atoms with Crippen LogP contribution in [0, 0.1) is 5.92 Å². The van der Waals surface area contributed by atoms with Crippen molar-refractivity contribution in [3.63, 3.8) is 0 Å². The molecule has 0 bridgehead atoms. The van der Waals surface area contributed by atoms with Crippen LogP contribution in [0.1, 0.15) is 44.8 Å². The first kappa shape index (κ1) is 11.7. The summed E-state index contributed by atoms with van der Waals surface area (Å²) in [6.07, 6.45) is 9.67. The van der Waals surface area contributed by atoms with Gasteiger partial charge in [-0.1, -0.05) is 13.3 Å². The Morgan fingerprint density at radius 3 is 2.75 bits per heavy atom. The minimum Gasteiger partial charge on any atom is -0.469 e. The fraction of sp³-hybridized carbons (Fsp3) is 0.714. The molecule has 0 spiro atoms. The Morgan fingerprint density at radius 1 is 1.31 bits per heavy atom. The first-order valence-electron chi connectivity index (χ1n) is 6.64. The highest BCUT2D eigenvalue weighted by atomic mass is 16.3. The molecule has 2 heteroatoms. The van der Waals surface area contributed by atoms with Gasteiger partial charge in [0.15, 0.2) is 0 Å². The third-order valence-corrected chi connectivity index (χ3v) is 3.81. The van der Waals surface area contributed by atoms with E-state index in [-0.39, 0.29) is 0 Å². The van der Waals surface area contributed by atoms with E-state index < -0.39 is 0 Å². The average Bonchev–Trinajstić information content (AvgIpc) is 2.83. The standard InChI is InChI=1S/C14H23NO/c1-2-12-5-7-13(8-6-12)15-10-9-14-4-3-11-16-14/h3-4,11-13,15H,2,5-10H2,1H3. The van der Waals surface area contributed by atoms with Crippen molar-refractivity contribution in [2.75, 3.05) is 6.54 Å². The lowest BCUT2D eigenvalue weighted by molar-refractivity contribution is 0.286. The van der Waals surface area contributed by atoms with Gasteiger partial charge < -0.3 is 9.73 Å². The second kappa shape index (κ2) is 6.09. The van der Waals surface area contributed by atoms with Crippen LogP contribution in [0.15, 0.2) is 22.8 Å². The van der Waals surface area contributed by atoms with Crippen molar-refractivity contribution in [1.29, 1.82) is 0 Å². The minimum absolute atomic E-state index is 0.748. The Kier molecular flexibility index (Phi) is 4.46.